The molecule has 10 rings (SSSR count). The number of hydrogen-bond acceptors (Lipinski definition) is 3. The Morgan fingerprint density at radius 2 is 1.41 bits per heavy atom. The van der Waals surface area contributed by atoms with Crippen LogP contribution in [0.2, 0.25) is 0 Å². The van der Waals surface area contributed by atoms with Crippen LogP contribution in [0.3, 0.4) is 0 Å². The van der Waals surface area contributed by atoms with Gasteiger partial charge >= 0.3 is 236 Å². The second-order valence-corrected chi connectivity index (χ2v) is 13.6. The molecule has 7 aromatic rings. The molecule has 3 nitrogen and oxygen atoms in total. The number of nitrogens with zero attached hydrogens (tertiary/aromatic N) is 2. The summed E-state index contributed by atoms with van der Waals surface area (Å²) in [5, 5.41) is 2.65. The van der Waals surface area contributed by atoms with Crippen molar-refractivity contribution < 1.29 is 4.42 Å². The fraction of sp³-hybridized carbons (Fsp3) is 0. The SMILES string of the molecule is c1ccc(-c2ccc3c(c2)-c2c([te]c4ccccc24)B2N3c3oc4cccc5c4c3N2c2ccccc2-5)cc1. The van der Waals surface area contributed by atoms with E-state index in [1.807, 2.05) is 0 Å². The number of anilines is 4. The first kappa shape index (κ1) is 20.8. The van der Waals surface area contributed by atoms with Crippen molar-refractivity contribution >= 4 is 73.6 Å². The second kappa shape index (κ2) is 7.27. The molecular weight excluding hydrogens is 591 g/mol. The number of rotatable bonds is 1. The predicted molar refractivity (Wildman–Crippen MR) is 163 cm³/mol. The van der Waals surface area contributed by atoms with E-state index in [9.17, 15) is 0 Å². The monoisotopic (exact) mass is 612 g/mol. The number of hydrogen-bond donors (Lipinski definition) is 0. The van der Waals surface area contributed by atoms with Gasteiger partial charge in [0.05, 0.1) is 0 Å². The molecule has 5 aromatic carbocycles. The molecule has 39 heavy (non-hydrogen) atoms. The summed E-state index contributed by atoms with van der Waals surface area (Å²) in [6, 6.07) is 42.2. The molecule has 0 amide bonds. The number of fused-ring (bicyclic) bond motifs is 13. The molecule has 0 spiro atoms. The molecule has 0 radical (unpaired) electrons. The van der Waals surface area contributed by atoms with Gasteiger partial charge in [-0.25, -0.2) is 0 Å². The van der Waals surface area contributed by atoms with Crippen LogP contribution < -0.4 is 13.1 Å². The van der Waals surface area contributed by atoms with Crippen LogP contribution in [-0.2, 0) is 0 Å². The third kappa shape index (κ3) is 2.51. The van der Waals surface area contributed by atoms with Gasteiger partial charge in [-0.3, -0.25) is 0 Å². The van der Waals surface area contributed by atoms with Gasteiger partial charge < -0.3 is 0 Å². The first-order valence-electron chi connectivity index (χ1n) is 13.3. The zero-order valence-corrected chi connectivity index (χ0v) is 23.1. The molecule has 5 heteroatoms. The van der Waals surface area contributed by atoms with Crippen molar-refractivity contribution in [1.82, 2.24) is 0 Å². The Morgan fingerprint density at radius 3 is 2.36 bits per heavy atom. The van der Waals surface area contributed by atoms with Crippen molar-refractivity contribution in [2.45, 2.75) is 0 Å². The molecule has 3 aliphatic heterocycles. The average Bonchev–Trinajstić information content (AvgIpc) is 3.67. The molecule has 5 heterocycles. The maximum atomic E-state index is 6.78. The molecule has 0 bridgehead atoms. The van der Waals surface area contributed by atoms with Crippen LogP contribution in [0, 0.1) is 0 Å². The number of benzene rings is 5. The van der Waals surface area contributed by atoms with E-state index in [4.69, 9.17) is 4.42 Å². The molecule has 0 aliphatic carbocycles. The standard InChI is InChI=1S/C34H19BN2OTe/c1-2-9-20(10-3-1)21-17-18-27-25(19-21)30-24-12-5-7-16-29(24)39-33(30)35-36-26-14-6-4-11-22(26)23-13-8-15-28-31(23)32(36)34(38-28)37(27)35/h1-19H. The van der Waals surface area contributed by atoms with E-state index in [0.29, 0.717) is 0 Å². The zero-order valence-electron chi connectivity index (χ0n) is 20.8. The van der Waals surface area contributed by atoms with Crippen LogP contribution in [0.4, 0.5) is 22.9 Å². The maximum absolute atomic E-state index is 6.78. The Kier molecular flexibility index (Phi) is 3.87. The van der Waals surface area contributed by atoms with Gasteiger partial charge in [-0.2, -0.15) is 0 Å². The van der Waals surface area contributed by atoms with Gasteiger partial charge in [-0.1, -0.05) is 0 Å². The number of para-hydroxylation sites is 1. The third-order valence-electron chi connectivity index (χ3n) is 8.56. The summed E-state index contributed by atoms with van der Waals surface area (Å²) in [5.74, 6) is 0.973. The summed E-state index contributed by atoms with van der Waals surface area (Å²) in [4.78, 5) is 5.09. The molecule has 2 aromatic heterocycles. The van der Waals surface area contributed by atoms with Crippen LogP contribution in [0.5, 0.6) is 0 Å². The van der Waals surface area contributed by atoms with Crippen LogP contribution in [-0.4, -0.2) is 27.4 Å². The van der Waals surface area contributed by atoms with E-state index < -0.39 is 20.4 Å². The van der Waals surface area contributed by atoms with Gasteiger partial charge in [-0.15, -0.1) is 0 Å². The van der Waals surface area contributed by atoms with Crippen molar-refractivity contribution in [3.63, 3.8) is 0 Å². The Bertz CT molecular complexity index is 2160. The third-order valence-corrected chi connectivity index (χ3v) is 12.0. The van der Waals surface area contributed by atoms with Crippen LogP contribution >= 0.6 is 0 Å². The molecule has 0 saturated heterocycles. The number of furan rings is 1. The Hall–Kier alpha value is -4.17. The Morgan fingerprint density at radius 1 is 0.615 bits per heavy atom. The first-order chi connectivity index (χ1) is 19.4. The van der Waals surface area contributed by atoms with Gasteiger partial charge in [0.1, 0.15) is 0 Å². The van der Waals surface area contributed by atoms with Crippen molar-refractivity contribution in [2.24, 2.45) is 0 Å². The summed E-state index contributed by atoms with van der Waals surface area (Å²) in [7, 11) is 0. The summed E-state index contributed by atoms with van der Waals surface area (Å²) >= 11 is -0.574. The molecule has 0 saturated carbocycles. The van der Waals surface area contributed by atoms with E-state index in [1.54, 1.807) is 3.48 Å². The van der Waals surface area contributed by atoms with Crippen molar-refractivity contribution in [3.05, 3.63) is 115 Å². The van der Waals surface area contributed by atoms with Crippen molar-refractivity contribution in [1.29, 1.82) is 0 Å². The summed E-state index contributed by atoms with van der Waals surface area (Å²) < 4.78 is 9.89. The molecule has 0 atom stereocenters. The van der Waals surface area contributed by atoms with Crippen molar-refractivity contribution in [3.8, 4) is 33.4 Å². The van der Waals surface area contributed by atoms with Gasteiger partial charge in [0.25, 0.3) is 0 Å². The van der Waals surface area contributed by atoms with E-state index >= 15 is 0 Å². The minimum absolute atomic E-state index is 0.0949. The van der Waals surface area contributed by atoms with Crippen LogP contribution in [0.15, 0.2) is 120 Å². The van der Waals surface area contributed by atoms with E-state index in [1.165, 1.54) is 64.6 Å². The molecule has 3 aliphatic rings. The van der Waals surface area contributed by atoms with E-state index in [2.05, 4.69) is 125 Å². The molecule has 180 valence electrons. The molecular formula is C34H19BN2OTe. The van der Waals surface area contributed by atoms with Gasteiger partial charge in [-0.05, 0) is 0 Å². The molecule has 0 unspecified atom stereocenters. The van der Waals surface area contributed by atoms with Crippen LogP contribution in [0.25, 0.3) is 53.1 Å². The topological polar surface area (TPSA) is 19.6 Å². The average molecular weight is 610 g/mol. The van der Waals surface area contributed by atoms with Crippen molar-refractivity contribution in [2.75, 3.05) is 9.62 Å². The van der Waals surface area contributed by atoms with Gasteiger partial charge in [0.2, 0.25) is 0 Å². The molecule has 0 N–H and O–H groups in total. The summed E-state index contributed by atoms with van der Waals surface area (Å²) in [5.41, 5.74) is 12.5. The fourth-order valence-electron chi connectivity index (χ4n) is 7.00. The quantitative estimate of drug-likeness (QED) is 0.176. The fourth-order valence-corrected chi connectivity index (χ4v) is 10.7. The summed E-state index contributed by atoms with van der Waals surface area (Å²) in [6.45, 7) is 0.0949. The normalized spacial score (nSPS) is 14.0. The second-order valence-electron chi connectivity index (χ2n) is 10.5. The minimum atomic E-state index is -0.574. The van der Waals surface area contributed by atoms with E-state index in [0.717, 1.165) is 11.5 Å². The Balaban J connectivity index is 1.34. The summed E-state index contributed by atoms with van der Waals surface area (Å²) in [6.07, 6.45) is 0. The predicted octanol–water partition coefficient (Wildman–Crippen LogP) is 7.96. The Labute approximate surface area is 235 Å². The van der Waals surface area contributed by atoms with Gasteiger partial charge in [0.15, 0.2) is 0 Å². The van der Waals surface area contributed by atoms with Crippen LogP contribution in [0.1, 0.15) is 0 Å². The van der Waals surface area contributed by atoms with Gasteiger partial charge in [0, 0.05) is 0 Å². The first-order valence-corrected chi connectivity index (χ1v) is 15.6. The van der Waals surface area contributed by atoms with E-state index in [-0.39, 0.29) is 6.98 Å². The zero-order chi connectivity index (χ0) is 25.2. The molecule has 0 fully saturated rings.